The molecule has 2 N–H and O–H groups in total. The third kappa shape index (κ3) is 4.56. The van der Waals surface area contributed by atoms with Gasteiger partial charge in [-0.25, -0.2) is 9.98 Å². The van der Waals surface area contributed by atoms with Crippen molar-refractivity contribution in [1.82, 2.24) is 15.6 Å². The molecule has 6 nitrogen and oxygen atoms in total. The van der Waals surface area contributed by atoms with Gasteiger partial charge in [0.1, 0.15) is 24.2 Å². The number of rotatable bonds is 5. The Hall–Kier alpha value is -2.50. The van der Waals surface area contributed by atoms with Crippen LogP contribution < -0.4 is 15.4 Å². The van der Waals surface area contributed by atoms with E-state index in [1.54, 1.807) is 6.20 Å². The number of hydrogen-bond donors (Lipinski definition) is 2. The number of oxazole rings is 1. The molecule has 1 aromatic heterocycles. The molecule has 1 atom stereocenters. The van der Waals surface area contributed by atoms with Gasteiger partial charge in [0.25, 0.3) is 0 Å². The van der Waals surface area contributed by atoms with Crippen LogP contribution >= 0.6 is 0 Å². The fourth-order valence-corrected chi connectivity index (χ4v) is 2.80. The Morgan fingerprint density at radius 2 is 2.08 bits per heavy atom. The molecule has 6 heteroatoms. The van der Waals surface area contributed by atoms with Crippen molar-refractivity contribution in [3.63, 3.8) is 0 Å². The number of fused-ring (bicyclic) bond motifs is 1. The number of nitrogens with zero attached hydrogens (tertiary/aromatic N) is 2. The third-order valence-electron chi connectivity index (χ3n) is 4.22. The molecule has 140 valence electrons. The van der Waals surface area contributed by atoms with Crippen molar-refractivity contribution >= 4 is 5.96 Å². The summed E-state index contributed by atoms with van der Waals surface area (Å²) in [6.45, 7) is 10.2. The van der Waals surface area contributed by atoms with Gasteiger partial charge in [0.05, 0.1) is 12.7 Å². The first kappa shape index (κ1) is 18.3. The second-order valence-electron chi connectivity index (χ2n) is 7.50. The largest absolute Gasteiger partial charge is 0.488 e. The van der Waals surface area contributed by atoms with E-state index in [4.69, 9.17) is 9.15 Å². The highest BCUT2D eigenvalue weighted by molar-refractivity contribution is 5.79. The maximum Gasteiger partial charge on any atom is 0.216 e. The molecular formula is C20H28N4O2. The fourth-order valence-electron chi connectivity index (χ4n) is 2.80. The van der Waals surface area contributed by atoms with E-state index in [-0.39, 0.29) is 11.5 Å². The average Bonchev–Trinajstić information content (AvgIpc) is 3.23. The van der Waals surface area contributed by atoms with Gasteiger partial charge in [0, 0.05) is 18.4 Å². The lowest BCUT2D eigenvalue weighted by Gasteiger charge is -2.15. The first-order valence-corrected chi connectivity index (χ1v) is 9.17. The van der Waals surface area contributed by atoms with E-state index in [0.717, 1.165) is 30.4 Å². The van der Waals surface area contributed by atoms with Crippen molar-refractivity contribution in [1.29, 1.82) is 0 Å². The Morgan fingerprint density at radius 3 is 2.77 bits per heavy atom. The molecule has 0 amide bonds. The van der Waals surface area contributed by atoms with Gasteiger partial charge in [-0.15, -0.1) is 0 Å². The van der Waals surface area contributed by atoms with Crippen LogP contribution in [0.3, 0.4) is 0 Å². The molecule has 2 heterocycles. The minimum atomic E-state index is -0.0491. The summed E-state index contributed by atoms with van der Waals surface area (Å²) in [7, 11) is 0. The topological polar surface area (TPSA) is 71.7 Å². The predicted molar refractivity (Wildman–Crippen MR) is 103 cm³/mol. The molecule has 0 radical (unpaired) electrons. The molecule has 0 fully saturated rings. The van der Waals surface area contributed by atoms with Gasteiger partial charge in [-0.2, -0.15) is 0 Å². The van der Waals surface area contributed by atoms with Crippen LogP contribution in [0.2, 0.25) is 0 Å². The molecule has 0 spiro atoms. The normalized spacial score (nSPS) is 16.9. The fraction of sp³-hybridized carbons (Fsp3) is 0.500. The smallest absolute Gasteiger partial charge is 0.216 e. The van der Waals surface area contributed by atoms with Crippen LogP contribution in [0.15, 0.2) is 39.9 Å². The van der Waals surface area contributed by atoms with Crippen molar-refractivity contribution in [2.45, 2.75) is 52.2 Å². The summed E-state index contributed by atoms with van der Waals surface area (Å²) in [5.41, 5.74) is 1.21. The minimum Gasteiger partial charge on any atom is -0.488 e. The summed E-state index contributed by atoms with van der Waals surface area (Å²) in [6, 6.07) is 8.18. The van der Waals surface area contributed by atoms with Crippen molar-refractivity contribution in [2.75, 3.05) is 13.1 Å². The molecule has 26 heavy (non-hydrogen) atoms. The summed E-state index contributed by atoms with van der Waals surface area (Å²) < 4.78 is 11.8. The van der Waals surface area contributed by atoms with Crippen LogP contribution in [0.25, 0.3) is 0 Å². The van der Waals surface area contributed by atoms with Crippen molar-refractivity contribution < 1.29 is 9.15 Å². The molecule has 0 aliphatic carbocycles. The van der Waals surface area contributed by atoms with Crippen molar-refractivity contribution in [3.05, 3.63) is 47.7 Å². The number of ether oxygens (including phenoxy) is 1. The van der Waals surface area contributed by atoms with E-state index >= 15 is 0 Å². The average molecular weight is 356 g/mol. The zero-order chi connectivity index (χ0) is 18.6. The van der Waals surface area contributed by atoms with Gasteiger partial charge in [0.15, 0.2) is 5.96 Å². The number of guanidine groups is 1. The van der Waals surface area contributed by atoms with E-state index < -0.39 is 0 Å². The van der Waals surface area contributed by atoms with Crippen molar-refractivity contribution in [3.8, 4) is 5.75 Å². The Morgan fingerprint density at radius 1 is 1.27 bits per heavy atom. The van der Waals surface area contributed by atoms with E-state index in [1.807, 2.05) is 25.1 Å². The summed E-state index contributed by atoms with van der Waals surface area (Å²) in [5, 5.41) is 6.60. The quantitative estimate of drug-likeness (QED) is 0.636. The minimum absolute atomic E-state index is 0.0491. The summed E-state index contributed by atoms with van der Waals surface area (Å²) in [4.78, 5) is 8.90. The SMILES string of the molecule is CCNC(=NCc1ncc(C(C)(C)C)o1)NCC1Cc2ccccc2O1. The Balaban J connectivity index is 1.55. The number of aromatic nitrogens is 1. The highest BCUT2D eigenvalue weighted by atomic mass is 16.5. The van der Waals surface area contributed by atoms with Crippen LogP contribution in [-0.4, -0.2) is 30.1 Å². The summed E-state index contributed by atoms with van der Waals surface area (Å²) in [6.07, 6.45) is 2.82. The Kier molecular flexibility index (Phi) is 5.49. The molecular weight excluding hydrogens is 328 g/mol. The summed E-state index contributed by atoms with van der Waals surface area (Å²) >= 11 is 0. The van der Waals surface area contributed by atoms with Gasteiger partial charge in [-0.3, -0.25) is 0 Å². The van der Waals surface area contributed by atoms with Gasteiger partial charge >= 0.3 is 0 Å². The highest BCUT2D eigenvalue weighted by Gasteiger charge is 2.22. The highest BCUT2D eigenvalue weighted by Crippen LogP contribution is 2.27. The molecule has 0 bridgehead atoms. The van der Waals surface area contributed by atoms with Crippen LogP contribution in [-0.2, 0) is 18.4 Å². The molecule has 1 unspecified atom stereocenters. The molecule has 1 aliphatic heterocycles. The van der Waals surface area contributed by atoms with Crippen LogP contribution in [0.1, 0.15) is 44.9 Å². The number of hydrogen-bond acceptors (Lipinski definition) is 4. The van der Waals surface area contributed by atoms with Crippen molar-refractivity contribution in [2.24, 2.45) is 4.99 Å². The van der Waals surface area contributed by atoms with E-state index in [1.165, 1.54) is 5.56 Å². The van der Waals surface area contributed by atoms with Crippen LogP contribution in [0, 0.1) is 0 Å². The molecule has 1 aliphatic rings. The lowest BCUT2D eigenvalue weighted by atomic mass is 9.94. The van der Waals surface area contributed by atoms with Crippen LogP contribution in [0.5, 0.6) is 5.75 Å². The third-order valence-corrected chi connectivity index (χ3v) is 4.22. The zero-order valence-corrected chi connectivity index (χ0v) is 16.0. The zero-order valence-electron chi connectivity index (χ0n) is 16.0. The standard InChI is InChI=1S/C20H28N4O2/c1-5-21-19(24-13-18-22-12-17(26-18)20(2,3)4)23-11-15-10-14-8-6-7-9-16(14)25-15/h6-9,12,15H,5,10-11,13H2,1-4H3,(H2,21,23,24). The van der Waals surface area contributed by atoms with E-state index in [9.17, 15) is 0 Å². The number of benzene rings is 1. The molecule has 1 aromatic carbocycles. The summed E-state index contributed by atoms with van der Waals surface area (Å²) in [5.74, 6) is 3.22. The lowest BCUT2D eigenvalue weighted by Crippen LogP contribution is -2.42. The maximum atomic E-state index is 5.96. The first-order chi connectivity index (χ1) is 12.5. The second kappa shape index (κ2) is 7.81. The van der Waals surface area contributed by atoms with Gasteiger partial charge in [0.2, 0.25) is 5.89 Å². The maximum absolute atomic E-state index is 5.96. The Labute approximate surface area is 155 Å². The van der Waals surface area contributed by atoms with Gasteiger partial charge in [-0.1, -0.05) is 39.0 Å². The van der Waals surface area contributed by atoms with E-state index in [2.05, 4.69) is 47.4 Å². The van der Waals surface area contributed by atoms with Gasteiger partial charge in [-0.05, 0) is 18.6 Å². The molecule has 0 saturated heterocycles. The first-order valence-electron chi connectivity index (χ1n) is 9.17. The predicted octanol–water partition coefficient (Wildman–Crippen LogP) is 3.03. The molecule has 0 saturated carbocycles. The molecule has 3 rings (SSSR count). The van der Waals surface area contributed by atoms with Crippen LogP contribution in [0.4, 0.5) is 0 Å². The van der Waals surface area contributed by atoms with E-state index in [0.29, 0.717) is 19.0 Å². The number of nitrogens with one attached hydrogen (secondary N) is 2. The van der Waals surface area contributed by atoms with Gasteiger partial charge < -0.3 is 19.8 Å². The monoisotopic (exact) mass is 356 g/mol. The number of para-hydroxylation sites is 1. The number of aliphatic imine (C=N–C) groups is 1. The molecule has 2 aromatic rings. The Bertz CT molecular complexity index is 736. The second-order valence-corrected chi connectivity index (χ2v) is 7.50. The lowest BCUT2D eigenvalue weighted by molar-refractivity contribution is 0.235.